The zero-order valence-corrected chi connectivity index (χ0v) is 11.3. The van der Waals surface area contributed by atoms with Gasteiger partial charge in [0.15, 0.2) is 17.5 Å². The van der Waals surface area contributed by atoms with E-state index in [0.29, 0.717) is 5.92 Å². The van der Waals surface area contributed by atoms with Gasteiger partial charge in [-0.15, -0.1) is 0 Å². The molecule has 0 aliphatic carbocycles. The number of halogens is 3. The molecule has 1 atom stereocenters. The second kappa shape index (κ2) is 6.26. The van der Waals surface area contributed by atoms with Crippen LogP contribution in [0.5, 0.6) is 0 Å². The van der Waals surface area contributed by atoms with Gasteiger partial charge >= 0.3 is 0 Å². The Kier molecular flexibility index (Phi) is 4.65. The summed E-state index contributed by atoms with van der Waals surface area (Å²) in [5.41, 5.74) is -0.334. The number of nitrogens with zero attached hydrogens (tertiary/aromatic N) is 1. The van der Waals surface area contributed by atoms with E-state index in [1.807, 2.05) is 4.90 Å². The molecule has 0 aromatic heterocycles. The Balaban J connectivity index is 1.96. The zero-order valence-electron chi connectivity index (χ0n) is 11.3. The van der Waals surface area contributed by atoms with Crippen molar-refractivity contribution in [3.8, 4) is 0 Å². The van der Waals surface area contributed by atoms with Crippen LogP contribution in [0.2, 0.25) is 0 Å². The largest absolute Gasteiger partial charge is 0.322 e. The van der Waals surface area contributed by atoms with E-state index >= 15 is 0 Å². The van der Waals surface area contributed by atoms with Gasteiger partial charge in [-0.05, 0) is 37.4 Å². The van der Waals surface area contributed by atoms with E-state index in [0.717, 1.165) is 38.1 Å². The van der Waals surface area contributed by atoms with Crippen LogP contribution in [0.25, 0.3) is 0 Å². The number of carbonyl (C=O) groups is 1. The summed E-state index contributed by atoms with van der Waals surface area (Å²) >= 11 is 0. The first-order chi connectivity index (χ1) is 9.47. The van der Waals surface area contributed by atoms with Crippen molar-refractivity contribution in [2.24, 2.45) is 5.92 Å². The van der Waals surface area contributed by atoms with Crippen LogP contribution in [-0.2, 0) is 4.79 Å². The predicted molar refractivity (Wildman–Crippen MR) is 69.8 cm³/mol. The smallest absolute Gasteiger partial charge is 0.238 e. The minimum Gasteiger partial charge on any atom is -0.322 e. The molecule has 0 radical (unpaired) electrons. The van der Waals surface area contributed by atoms with Crippen molar-refractivity contribution < 1.29 is 18.0 Å². The van der Waals surface area contributed by atoms with Gasteiger partial charge in [0.25, 0.3) is 0 Å². The van der Waals surface area contributed by atoms with Crippen molar-refractivity contribution >= 4 is 11.6 Å². The van der Waals surface area contributed by atoms with Crippen LogP contribution in [0.15, 0.2) is 12.1 Å². The monoisotopic (exact) mass is 286 g/mol. The van der Waals surface area contributed by atoms with Crippen molar-refractivity contribution in [2.75, 3.05) is 25.0 Å². The molecule has 2 rings (SSSR count). The molecule has 1 heterocycles. The van der Waals surface area contributed by atoms with Gasteiger partial charge in [-0.2, -0.15) is 0 Å². The first-order valence-corrected chi connectivity index (χ1v) is 6.63. The van der Waals surface area contributed by atoms with E-state index in [1.54, 1.807) is 0 Å². The SMILES string of the molecule is CC1CCCN(CC(=O)Nc2ccc(F)c(F)c2F)C1. The summed E-state index contributed by atoms with van der Waals surface area (Å²) < 4.78 is 39.2. The molecular formula is C14H17F3N2O. The minimum atomic E-state index is -1.57. The normalized spacial score (nSPS) is 19.9. The van der Waals surface area contributed by atoms with Gasteiger partial charge in [-0.3, -0.25) is 9.69 Å². The Morgan fingerprint density at radius 2 is 2.10 bits per heavy atom. The molecule has 1 aromatic rings. The number of benzene rings is 1. The molecule has 0 bridgehead atoms. The van der Waals surface area contributed by atoms with E-state index in [-0.39, 0.29) is 12.2 Å². The second-order valence-electron chi connectivity index (χ2n) is 5.25. The maximum absolute atomic E-state index is 13.4. The number of likely N-dealkylation sites (tertiary alicyclic amines) is 1. The van der Waals surface area contributed by atoms with Gasteiger partial charge in [0, 0.05) is 6.54 Å². The summed E-state index contributed by atoms with van der Waals surface area (Å²) in [6.07, 6.45) is 2.16. The molecule has 1 aliphatic rings. The Bertz CT molecular complexity index is 507. The van der Waals surface area contributed by atoms with E-state index in [4.69, 9.17) is 0 Å². The number of amides is 1. The molecule has 3 nitrogen and oxygen atoms in total. The number of rotatable bonds is 3. The van der Waals surface area contributed by atoms with Crippen molar-refractivity contribution in [1.82, 2.24) is 4.90 Å². The van der Waals surface area contributed by atoms with Gasteiger partial charge < -0.3 is 5.32 Å². The maximum atomic E-state index is 13.4. The highest BCUT2D eigenvalue weighted by molar-refractivity contribution is 5.92. The topological polar surface area (TPSA) is 32.3 Å². The molecular weight excluding hydrogens is 269 g/mol. The quantitative estimate of drug-likeness (QED) is 0.867. The summed E-state index contributed by atoms with van der Waals surface area (Å²) in [5.74, 6) is -4.12. The van der Waals surface area contributed by atoms with Crippen molar-refractivity contribution in [3.05, 3.63) is 29.6 Å². The van der Waals surface area contributed by atoms with Crippen molar-refractivity contribution in [3.63, 3.8) is 0 Å². The lowest BCUT2D eigenvalue weighted by molar-refractivity contribution is -0.117. The number of carbonyl (C=O) groups excluding carboxylic acids is 1. The molecule has 1 aliphatic heterocycles. The Morgan fingerprint density at radius 3 is 2.80 bits per heavy atom. The van der Waals surface area contributed by atoms with Crippen LogP contribution in [0.4, 0.5) is 18.9 Å². The molecule has 1 aromatic carbocycles. The van der Waals surface area contributed by atoms with Crippen LogP contribution in [0.3, 0.4) is 0 Å². The van der Waals surface area contributed by atoms with Crippen LogP contribution >= 0.6 is 0 Å². The summed E-state index contributed by atoms with van der Waals surface area (Å²) in [6, 6.07) is 1.81. The molecule has 20 heavy (non-hydrogen) atoms. The molecule has 1 saturated heterocycles. The van der Waals surface area contributed by atoms with Gasteiger partial charge in [-0.1, -0.05) is 6.92 Å². The van der Waals surface area contributed by atoms with E-state index in [2.05, 4.69) is 12.2 Å². The highest BCUT2D eigenvalue weighted by Gasteiger charge is 2.20. The molecule has 110 valence electrons. The minimum absolute atomic E-state index is 0.128. The zero-order chi connectivity index (χ0) is 14.7. The average Bonchev–Trinajstić information content (AvgIpc) is 2.39. The lowest BCUT2D eigenvalue weighted by Gasteiger charge is -2.30. The fourth-order valence-corrected chi connectivity index (χ4v) is 2.45. The average molecular weight is 286 g/mol. The summed E-state index contributed by atoms with van der Waals surface area (Å²) in [5, 5.41) is 2.28. The van der Waals surface area contributed by atoms with E-state index in [9.17, 15) is 18.0 Å². The predicted octanol–water partition coefficient (Wildman–Crippen LogP) is 2.77. The number of hydrogen-bond donors (Lipinski definition) is 1. The lowest BCUT2D eigenvalue weighted by atomic mass is 10.0. The van der Waals surface area contributed by atoms with Crippen LogP contribution in [0, 0.1) is 23.4 Å². The molecule has 1 unspecified atom stereocenters. The van der Waals surface area contributed by atoms with E-state index < -0.39 is 23.4 Å². The van der Waals surface area contributed by atoms with Gasteiger partial charge in [0.05, 0.1) is 12.2 Å². The first-order valence-electron chi connectivity index (χ1n) is 6.63. The fraction of sp³-hybridized carbons (Fsp3) is 0.500. The number of piperidine rings is 1. The second-order valence-corrected chi connectivity index (χ2v) is 5.25. The van der Waals surface area contributed by atoms with Gasteiger partial charge in [-0.25, -0.2) is 13.2 Å². The highest BCUT2D eigenvalue weighted by Crippen LogP contribution is 2.20. The number of anilines is 1. The third kappa shape index (κ3) is 3.50. The molecule has 0 saturated carbocycles. The molecule has 1 amide bonds. The van der Waals surface area contributed by atoms with Crippen molar-refractivity contribution in [1.29, 1.82) is 0 Å². The summed E-state index contributed by atoms with van der Waals surface area (Å²) in [4.78, 5) is 13.8. The Hall–Kier alpha value is -1.56. The highest BCUT2D eigenvalue weighted by atomic mass is 19.2. The molecule has 1 fully saturated rings. The summed E-state index contributed by atoms with van der Waals surface area (Å²) in [6.45, 7) is 3.87. The van der Waals surface area contributed by atoms with E-state index in [1.165, 1.54) is 0 Å². The molecule has 0 spiro atoms. The van der Waals surface area contributed by atoms with Gasteiger partial charge in [0.1, 0.15) is 0 Å². The molecule has 6 heteroatoms. The lowest BCUT2D eigenvalue weighted by Crippen LogP contribution is -2.39. The number of nitrogens with one attached hydrogen (secondary N) is 1. The van der Waals surface area contributed by atoms with Crippen LogP contribution in [-0.4, -0.2) is 30.4 Å². The van der Waals surface area contributed by atoms with Crippen LogP contribution in [0.1, 0.15) is 19.8 Å². The maximum Gasteiger partial charge on any atom is 0.238 e. The number of hydrogen-bond acceptors (Lipinski definition) is 2. The Labute approximate surface area is 115 Å². The first kappa shape index (κ1) is 14.8. The summed E-state index contributed by atoms with van der Waals surface area (Å²) in [7, 11) is 0. The third-order valence-corrected chi connectivity index (χ3v) is 3.42. The standard InChI is InChI=1S/C14H17F3N2O/c1-9-3-2-6-19(7-9)8-12(20)18-11-5-4-10(15)13(16)14(11)17/h4-5,9H,2-3,6-8H2,1H3,(H,18,20). The van der Waals surface area contributed by atoms with Crippen LogP contribution < -0.4 is 5.32 Å². The van der Waals surface area contributed by atoms with Gasteiger partial charge in [0.2, 0.25) is 5.91 Å². The third-order valence-electron chi connectivity index (χ3n) is 3.42. The Morgan fingerprint density at radius 1 is 1.35 bits per heavy atom. The molecule has 1 N–H and O–H groups in total. The fourth-order valence-electron chi connectivity index (χ4n) is 2.45. The van der Waals surface area contributed by atoms with Crippen molar-refractivity contribution in [2.45, 2.75) is 19.8 Å².